The summed E-state index contributed by atoms with van der Waals surface area (Å²) in [6.45, 7) is 4.54. The van der Waals surface area contributed by atoms with Gasteiger partial charge in [-0.3, -0.25) is 4.84 Å². The molecule has 0 aromatic carbocycles. The van der Waals surface area contributed by atoms with Gasteiger partial charge in [-0.15, -0.1) is 0 Å². The van der Waals surface area contributed by atoms with E-state index in [9.17, 15) is 0 Å². The largest absolute Gasteiger partial charge is 0.294 e. The quantitative estimate of drug-likeness (QED) is 0.490. The van der Waals surface area contributed by atoms with Gasteiger partial charge in [0.25, 0.3) is 0 Å². The Bertz CT molecular complexity index is 363. The number of hydrogen-bond donors (Lipinski definition) is 0. The van der Waals surface area contributed by atoms with Crippen LogP contribution in [0.2, 0.25) is 0 Å². The Morgan fingerprint density at radius 3 is 2.71 bits per heavy atom. The fourth-order valence-corrected chi connectivity index (χ4v) is 5.02. The highest BCUT2D eigenvalue weighted by Crippen LogP contribution is 2.54. The van der Waals surface area contributed by atoms with Crippen molar-refractivity contribution in [1.82, 2.24) is 5.06 Å². The second-order valence-electron chi connectivity index (χ2n) is 7.37. The number of rotatable bonds is 6. The first-order valence-corrected chi connectivity index (χ1v) is 9.44. The summed E-state index contributed by atoms with van der Waals surface area (Å²) in [6.07, 6.45) is 20.0. The zero-order valence-electron chi connectivity index (χ0n) is 14.0. The lowest BCUT2D eigenvalue weighted by atomic mass is 9.67. The molecule has 1 saturated carbocycles. The van der Waals surface area contributed by atoms with Crippen LogP contribution in [-0.2, 0) is 4.84 Å². The van der Waals surface area contributed by atoms with E-state index in [1.807, 2.05) is 0 Å². The summed E-state index contributed by atoms with van der Waals surface area (Å²) in [6, 6.07) is 0.686. The fourth-order valence-electron chi connectivity index (χ4n) is 5.02. The van der Waals surface area contributed by atoms with Gasteiger partial charge in [0.05, 0.1) is 11.6 Å². The molecule has 120 valence electrons. The highest BCUT2D eigenvalue weighted by molar-refractivity contribution is 5.14. The lowest BCUT2D eigenvalue weighted by Crippen LogP contribution is -2.55. The molecule has 2 saturated heterocycles. The van der Waals surface area contributed by atoms with Crippen LogP contribution in [0, 0.1) is 5.92 Å². The topological polar surface area (TPSA) is 12.5 Å². The van der Waals surface area contributed by atoms with Crippen LogP contribution in [0.25, 0.3) is 0 Å². The number of hydroxylamine groups is 2. The van der Waals surface area contributed by atoms with Crippen LogP contribution >= 0.6 is 0 Å². The monoisotopic (exact) mass is 291 g/mol. The Kier molecular flexibility index (Phi) is 5.06. The molecule has 3 fully saturated rings. The van der Waals surface area contributed by atoms with Gasteiger partial charge in [0, 0.05) is 12.0 Å². The van der Waals surface area contributed by atoms with Crippen molar-refractivity contribution < 1.29 is 4.84 Å². The molecule has 0 aromatic heterocycles. The van der Waals surface area contributed by atoms with Crippen molar-refractivity contribution in [3.8, 4) is 0 Å². The molecule has 3 aliphatic rings. The van der Waals surface area contributed by atoms with Gasteiger partial charge in [-0.25, -0.2) is 0 Å². The van der Waals surface area contributed by atoms with E-state index in [4.69, 9.17) is 4.84 Å². The van der Waals surface area contributed by atoms with Crippen LogP contribution in [0.4, 0.5) is 0 Å². The van der Waals surface area contributed by atoms with Crippen LogP contribution in [0.15, 0.2) is 12.2 Å². The van der Waals surface area contributed by atoms with E-state index < -0.39 is 0 Å². The van der Waals surface area contributed by atoms with E-state index in [2.05, 4.69) is 31.1 Å². The van der Waals surface area contributed by atoms with Gasteiger partial charge in [0.1, 0.15) is 0 Å². The second-order valence-corrected chi connectivity index (χ2v) is 7.37. The number of hydrogen-bond acceptors (Lipinski definition) is 2. The molecule has 0 unspecified atom stereocenters. The van der Waals surface area contributed by atoms with Crippen molar-refractivity contribution in [3.05, 3.63) is 12.2 Å². The van der Waals surface area contributed by atoms with Crippen LogP contribution in [-0.4, -0.2) is 22.7 Å². The second kappa shape index (κ2) is 6.83. The van der Waals surface area contributed by atoms with Gasteiger partial charge in [-0.2, -0.15) is 5.06 Å². The summed E-state index contributed by atoms with van der Waals surface area (Å²) < 4.78 is 0. The maximum Gasteiger partial charge on any atom is 0.0874 e. The molecule has 1 aliphatic carbocycles. The van der Waals surface area contributed by atoms with Gasteiger partial charge >= 0.3 is 0 Å². The normalized spacial score (nSPS) is 39.8. The van der Waals surface area contributed by atoms with Crippen molar-refractivity contribution in [1.29, 1.82) is 0 Å². The van der Waals surface area contributed by atoms with E-state index >= 15 is 0 Å². The Morgan fingerprint density at radius 2 is 1.95 bits per heavy atom. The molecule has 2 aliphatic heterocycles. The lowest BCUT2D eigenvalue weighted by molar-refractivity contribution is -0.223. The SMILES string of the molecule is CC/C=C\[C@@H]1[C@@H]2CCC[C@]13CCC[C@@H](CCCCC)N3O2. The summed E-state index contributed by atoms with van der Waals surface area (Å²) in [5, 5.41) is 2.52. The van der Waals surface area contributed by atoms with E-state index in [-0.39, 0.29) is 0 Å². The first kappa shape index (κ1) is 15.6. The first-order valence-electron chi connectivity index (χ1n) is 9.44. The smallest absolute Gasteiger partial charge is 0.0874 e. The Labute approximate surface area is 130 Å². The highest BCUT2D eigenvalue weighted by Gasteiger charge is 2.58. The number of unbranched alkanes of at least 4 members (excludes halogenated alkanes) is 2. The molecule has 2 heterocycles. The highest BCUT2D eigenvalue weighted by atomic mass is 16.7. The van der Waals surface area contributed by atoms with Crippen molar-refractivity contribution in [3.63, 3.8) is 0 Å². The van der Waals surface area contributed by atoms with Gasteiger partial charge in [0.2, 0.25) is 0 Å². The maximum absolute atomic E-state index is 6.52. The standard InChI is InChI=1S/C19H33NO/c1-3-5-7-10-16-11-8-14-19-15-9-13-18(21-20(16)19)17(19)12-6-4-2/h6,12,16-18H,3-5,7-11,13-15H2,1-2H3/b12-6-/t16-,17-,18+,19-/m1/s1. The van der Waals surface area contributed by atoms with Gasteiger partial charge < -0.3 is 0 Å². The summed E-state index contributed by atoms with van der Waals surface area (Å²) in [5.74, 6) is 0.653. The van der Waals surface area contributed by atoms with Gasteiger partial charge in [-0.1, -0.05) is 45.3 Å². The van der Waals surface area contributed by atoms with Crippen LogP contribution in [0.1, 0.15) is 84.5 Å². The van der Waals surface area contributed by atoms with Crippen molar-refractivity contribution in [2.75, 3.05) is 0 Å². The predicted molar refractivity (Wildman–Crippen MR) is 88.0 cm³/mol. The third-order valence-electron chi connectivity index (χ3n) is 6.01. The van der Waals surface area contributed by atoms with Gasteiger partial charge in [0.15, 0.2) is 0 Å². The number of nitrogens with zero attached hydrogens (tertiary/aromatic N) is 1. The summed E-state index contributed by atoms with van der Waals surface area (Å²) in [4.78, 5) is 6.52. The summed E-state index contributed by atoms with van der Waals surface area (Å²) in [7, 11) is 0. The molecular weight excluding hydrogens is 258 g/mol. The van der Waals surface area contributed by atoms with Crippen molar-refractivity contribution >= 4 is 0 Å². The molecule has 21 heavy (non-hydrogen) atoms. The van der Waals surface area contributed by atoms with Crippen LogP contribution in [0.3, 0.4) is 0 Å². The third kappa shape index (κ3) is 2.82. The average molecular weight is 291 g/mol. The zero-order valence-corrected chi connectivity index (χ0v) is 14.0. The van der Waals surface area contributed by atoms with E-state index in [1.54, 1.807) is 0 Å². The van der Waals surface area contributed by atoms with E-state index in [0.717, 1.165) is 6.42 Å². The Morgan fingerprint density at radius 1 is 1.14 bits per heavy atom. The lowest BCUT2D eigenvalue weighted by Gasteiger charge is -2.48. The molecule has 2 bridgehead atoms. The Hall–Kier alpha value is -0.340. The summed E-state index contributed by atoms with van der Waals surface area (Å²) in [5.41, 5.74) is 0.351. The molecule has 0 amide bonds. The molecule has 4 atom stereocenters. The average Bonchev–Trinajstić information content (AvgIpc) is 2.66. The number of allylic oxidation sites excluding steroid dienone is 1. The molecule has 0 N–H and O–H groups in total. The van der Waals surface area contributed by atoms with Gasteiger partial charge in [-0.05, 0) is 51.4 Å². The number of fused-ring (bicyclic) bond motifs is 1. The minimum absolute atomic E-state index is 0.351. The maximum atomic E-state index is 6.52. The van der Waals surface area contributed by atoms with Crippen LogP contribution < -0.4 is 0 Å². The van der Waals surface area contributed by atoms with Crippen molar-refractivity contribution in [2.45, 2.75) is 102 Å². The molecular formula is C19H33NO. The van der Waals surface area contributed by atoms with E-state index in [0.29, 0.717) is 23.6 Å². The van der Waals surface area contributed by atoms with Crippen LogP contribution in [0.5, 0.6) is 0 Å². The van der Waals surface area contributed by atoms with Crippen molar-refractivity contribution in [2.24, 2.45) is 5.92 Å². The van der Waals surface area contributed by atoms with E-state index in [1.165, 1.54) is 64.2 Å². The fraction of sp³-hybridized carbons (Fsp3) is 0.895. The first-order chi connectivity index (χ1) is 10.3. The third-order valence-corrected chi connectivity index (χ3v) is 6.01. The zero-order chi connectivity index (χ0) is 14.7. The predicted octanol–water partition coefficient (Wildman–Crippen LogP) is 5.24. The number of piperidine rings is 1. The molecule has 3 rings (SSSR count). The summed E-state index contributed by atoms with van der Waals surface area (Å²) >= 11 is 0. The molecule has 2 heteroatoms. The molecule has 0 aromatic rings. The minimum Gasteiger partial charge on any atom is -0.294 e. The minimum atomic E-state index is 0.351. The molecule has 2 nitrogen and oxygen atoms in total. The molecule has 1 spiro atoms. The Balaban J connectivity index is 1.76. The molecule has 0 radical (unpaired) electrons.